The maximum absolute atomic E-state index is 5.95. The second-order valence-corrected chi connectivity index (χ2v) is 6.67. The fourth-order valence-corrected chi connectivity index (χ4v) is 3.28. The minimum atomic E-state index is 0.752. The molecule has 21 heavy (non-hydrogen) atoms. The van der Waals surface area contributed by atoms with Crippen LogP contribution in [0.25, 0.3) is 5.69 Å². The quantitative estimate of drug-likeness (QED) is 0.720. The van der Waals surface area contributed by atoms with Crippen molar-refractivity contribution >= 4 is 22.9 Å². The van der Waals surface area contributed by atoms with Gasteiger partial charge in [-0.1, -0.05) is 35.0 Å². The van der Waals surface area contributed by atoms with Crippen molar-refractivity contribution in [1.29, 1.82) is 0 Å². The normalized spacial score (nSPS) is 11.2. The Hall–Kier alpha value is -1.69. The van der Waals surface area contributed by atoms with E-state index >= 15 is 0 Å². The number of thiophene rings is 1. The first-order valence-corrected chi connectivity index (χ1v) is 7.79. The number of benzene rings is 1. The zero-order chi connectivity index (χ0) is 14.7. The standard InChI is InChI=1S/C15H15ClN4S/c1-19(11-14-7-8-15(16)21-14)9-12-10-20(18-17-12)13-5-3-2-4-6-13/h2-8,10H,9,11H2,1H3. The molecule has 6 heteroatoms. The lowest BCUT2D eigenvalue weighted by Crippen LogP contribution is -2.16. The van der Waals surface area contributed by atoms with E-state index in [0.29, 0.717) is 0 Å². The molecule has 0 amide bonds. The van der Waals surface area contributed by atoms with E-state index in [4.69, 9.17) is 11.6 Å². The molecule has 0 saturated heterocycles. The number of aromatic nitrogens is 3. The van der Waals surface area contributed by atoms with Crippen molar-refractivity contribution in [3.8, 4) is 5.69 Å². The Bertz CT molecular complexity index is 707. The average molecular weight is 319 g/mol. The molecule has 0 bridgehead atoms. The number of hydrogen-bond acceptors (Lipinski definition) is 4. The molecule has 0 unspecified atom stereocenters. The van der Waals surface area contributed by atoms with Gasteiger partial charge in [0, 0.05) is 18.0 Å². The predicted octanol–water partition coefficient (Wildman–Crippen LogP) is 3.61. The summed E-state index contributed by atoms with van der Waals surface area (Å²) in [5, 5.41) is 8.40. The zero-order valence-corrected chi connectivity index (χ0v) is 13.2. The lowest BCUT2D eigenvalue weighted by atomic mass is 10.3. The lowest BCUT2D eigenvalue weighted by molar-refractivity contribution is 0.318. The molecule has 3 rings (SSSR count). The molecule has 4 nitrogen and oxygen atoms in total. The average Bonchev–Trinajstić information content (AvgIpc) is 3.09. The summed E-state index contributed by atoms with van der Waals surface area (Å²) in [5.74, 6) is 0. The predicted molar refractivity (Wildman–Crippen MR) is 85.9 cm³/mol. The Kier molecular flexibility index (Phi) is 4.34. The highest BCUT2D eigenvalue weighted by Gasteiger charge is 2.08. The molecule has 108 valence electrons. The summed E-state index contributed by atoms with van der Waals surface area (Å²) in [6.07, 6.45) is 1.97. The third-order valence-corrected chi connectivity index (χ3v) is 4.26. The van der Waals surface area contributed by atoms with Gasteiger partial charge in [-0.15, -0.1) is 16.4 Å². The molecule has 0 spiro atoms. The van der Waals surface area contributed by atoms with Crippen molar-refractivity contribution in [2.75, 3.05) is 7.05 Å². The summed E-state index contributed by atoms with van der Waals surface area (Å²) < 4.78 is 2.62. The Morgan fingerprint density at radius 1 is 1.14 bits per heavy atom. The number of hydrogen-bond donors (Lipinski definition) is 0. The molecule has 3 aromatic rings. The molecule has 0 fully saturated rings. The first-order valence-electron chi connectivity index (χ1n) is 6.60. The lowest BCUT2D eigenvalue weighted by Gasteiger charge is -2.13. The van der Waals surface area contributed by atoms with Crippen molar-refractivity contribution in [2.24, 2.45) is 0 Å². The maximum Gasteiger partial charge on any atom is 0.0971 e. The first-order chi connectivity index (χ1) is 10.2. The molecule has 0 aliphatic heterocycles. The van der Waals surface area contributed by atoms with Gasteiger partial charge in [-0.05, 0) is 31.3 Å². The summed E-state index contributed by atoms with van der Waals surface area (Å²) >= 11 is 7.56. The van der Waals surface area contributed by atoms with E-state index in [0.717, 1.165) is 28.8 Å². The zero-order valence-electron chi connectivity index (χ0n) is 11.6. The van der Waals surface area contributed by atoms with Crippen LogP contribution in [-0.2, 0) is 13.1 Å². The Balaban J connectivity index is 1.64. The smallest absolute Gasteiger partial charge is 0.0971 e. The SMILES string of the molecule is CN(Cc1cn(-c2ccccc2)nn1)Cc1ccc(Cl)s1. The molecule has 2 heterocycles. The minimum absolute atomic E-state index is 0.752. The topological polar surface area (TPSA) is 34.0 Å². The summed E-state index contributed by atoms with van der Waals surface area (Å²) in [6, 6.07) is 14.0. The maximum atomic E-state index is 5.95. The summed E-state index contributed by atoms with van der Waals surface area (Å²) in [5.41, 5.74) is 1.97. The number of halogens is 1. The highest BCUT2D eigenvalue weighted by Crippen LogP contribution is 2.22. The minimum Gasteiger partial charge on any atom is -0.295 e. The van der Waals surface area contributed by atoms with Gasteiger partial charge in [-0.2, -0.15) is 0 Å². The van der Waals surface area contributed by atoms with Crippen LogP contribution in [0.4, 0.5) is 0 Å². The van der Waals surface area contributed by atoms with Crippen LogP contribution in [-0.4, -0.2) is 26.9 Å². The van der Waals surface area contributed by atoms with Crippen LogP contribution in [0.3, 0.4) is 0 Å². The fourth-order valence-electron chi connectivity index (χ4n) is 2.11. The third-order valence-electron chi connectivity index (χ3n) is 3.05. The molecular weight excluding hydrogens is 304 g/mol. The number of para-hydroxylation sites is 1. The highest BCUT2D eigenvalue weighted by molar-refractivity contribution is 7.16. The summed E-state index contributed by atoms with van der Waals surface area (Å²) in [4.78, 5) is 3.44. The summed E-state index contributed by atoms with van der Waals surface area (Å²) in [7, 11) is 2.06. The van der Waals surface area contributed by atoms with Gasteiger partial charge < -0.3 is 0 Å². The molecule has 0 radical (unpaired) electrons. The van der Waals surface area contributed by atoms with Gasteiger partial charge in [-0.25, -0.2) is 4.68 Å². The van der Waals surface area contributed by atoms with Crippen LogP contribution in [0.2, 0.25) is 4.34 Å². The van der Waals surface area contributed by atoms with Crippen molar-refractivity contribution in [3.05, 3.63) is 63.6 Å². The van der Waals surface area contributed by atoms with Crippen molar-refractivity contribution in [2.45, 2.75) is 13.1 Å². The molecular formula is C15H15ClN4S. The van der Waals surface area contributed by atoms with Crippen molar-refractivity contribution in [3.63, 3.8) is 0 Å². The molecule has 0 aliphatic rings. The van der Waals surface area contributed by atoms with Crippen LogP contribution in [0.5, 0.6) is 0 Å². The van der Waals surface area contributed by atoms with Crippen LogP contribution >= 0.6 is 22.9 Å². The van der Waals surface area contributed by atoms with Crippen molar-refractivity contribution < 1.29 is 0 Å². The van der Waals surface area contributed by atoms with Gasteiger partial charge in [0.05, 0.1) is 21.9 Å². The van der Waals surface area contributed by atoms with Gasteiger partial charge >= 0.3 is 0 Å². The molecule has 2 aromatic heterocycles. The van der Waals surface area contributed by atoms with E-state index in [1.165, 1.54) is 4.88 Å². The van der Waals surface area contributed by atoms with Crippen LogP contribution < -0.4 is 0 Å². The van der Waals surface area contributed by atoms with Gasteiger partial charge in [0.25, 0.3) is 0 Å². The second-order valence-electron chi connectivity index (χ2n) is 4.87. The fraction of sp³-hybridized carbons (Fsp3) is 0.200. The van der Waals surface area contributed by atoms with E-state index in [9.17, 15) is 0 Å². The van der Waals surface area contributed by atoms with Crippen LogP contribution in [0, 0.1) is 0 Å². The second kappa shape index (κ2) is 6.39. The van der Waals surface area contributed by atoms with Crippen molar-refractivity contribution in [1.82, 2.24) is 19.9 Å². The third kappa shape index (κ3) is 3.69. The van der Waals surface area contributed by atoms with E-state index in [2.05, 4.69) is 28.3 Å². The van der Waals surface area contributed by atoms with Gasteiger partial charge in [0.15, 0.2) is 0 Å². The van der Waals surface area contributed by atoms with Crippen LogP contribution in [0.15, 0.2) is 48.7 Å². The molecule has 0 aliphatic carbocycles. The molecule has 0 saturated carbocycles. The van der Waals surface area contributed by atoms with E-state index < -0.39 is 0 Å². The van der Waals surface area contributed by atoms with Crippen LogP contribution in [0.1, 0.15) is 10.6 Å². The van der Waals surface area contributed by atoms with E-state index in [1.807, 2.05) is 42.6 Å². The van der Waals surface area contributed by atoms with Gasteiger partial charge in [0.2, 0.25) is 0 Å². The highest BCUT2D eigenvalue weighted by atomic mass is 35.5. The van der Waals surface area contributed by atoms with E-state index in [-0.39, 0.29) is 0 Å². The largest absolute Gasteiger partial charge is 0.295 e. The molecule has 1 aromatic carbocycles. The Labute approximate surface area is 132 Å². The molecule has 0 atom stereocenters. The Morgan fingerprint density at radius 3 is 2.67 bits per heavy atom. The van der Waals surface area contributed by atoms with Gasteiger partial charge in [-0.3, -0.25) is 4.90 Å². The van der Waals surface area contributed by atoms with E-state index in [1.54, 1.807) is 16.0 Å². The number of nitrogens with zero attached hydrogens (tertiary/aromatic N) is 4. The Morgan fingerprint density at radius 2 is 1.95 bits per heavy atom. The number of rotatable bonds is 5. The first kappa shape index (κ1) is 14.3. The summed E-state index contributed by atoms with van der Waals surface area (Å²) in [6.45, 7) is 1.61. The van der Waals surface area contributed by atoms with Gasteiger partial charge in [0.1, 0.15) is 0 Å². The molecule has 0 N–H and O–H groups in total. The monoisotopic (exact) mass is 318 g/mol.